The summed E-state index contributed by atoms with van der Waals surface area (Å²) in [5.74, 6) is 0.577. The molecule has 0 unspecified atom stereocenters. The molecule has 26 heavy (non-hydrogen) atoms. The van der Waals surface area contributed by atoms with Gasteiger partial charge in [0.05, 0.1) is 19.9 Å². The number of hydrogen-bond acceptors (Lipinski definition) is 6. The molecule has 7 heteroatoms. The molecular weight excluding hydrogens is 338 g/mol. The largest absolute Gasteiger partial charge is 0.497 e. The predicted octanol–water partition coefficient (Wildman–Crippen LogP) is 2.65. The zero-order valence-electron chi connectivity index (χ0n) is 14.9. The van der Waals surface area contributed by atoms with Crippen LogP contribution in [0.5, 0.6) is 17.2 Å². The Kier molecular flexibility index (Phi) is 6.84. The van der Waals surface area contributed by atoms with Gasteiger partial charge >= 0.3 is 5.97 Å². The lowest BCUT2D eigenvalue weighted by Crippen LogP contribution is -2.31. The maximum atomic E-state index is 12.2. The van der Waals surface area contributed by atoms with Crippen molar-refractivity contribution in [2.75, 3.05) is 26.1 Å². The number of benzene rings is 2. The van der Waals surface area contributed by atoms with Gasteiger partial charge in [0.15, 0.2) is 12.7 Å². The summed E-state index contributed by atoms with van der Waals surface area (Å²) in [5.41, 5.74) is 0.498. The molecule has 138 valence electrons. The topological polar surface area (TPSA) is 83.1 Å². The molecule has 0 radical (unpaired) electrons. The van der Waals surface area contributed by atoms with Crippen molar-refractivity contribution in [3.63, 3.8) is 0 Å². The Morgan fingerprint density at radius 1 is 0.962 bits per heavy atom. The van der Waals surface area contributed by atoms with E-state index in [2.05, 4.69) is 5.32 Å². The maximum absolute atomic E-state index is 12.2. The number of rotatable bonds is 8. The van der Waals surface area contributed by atoms with Gasteiger partial charge in [0, 0.05) is 0 Å². The Hall–Kier alpha value is -3.22. The average Bonchev–Trinajstić information content (AvgIpc) is 2.67. The van der Waals surface area contributed by atoms with Gasteiger partial charge in [0.2, 0.25) is 0 Å². The molecule has 0 heterocycles. The van der Waals surface area contributed by atoms with Crippen LogP contribution in [0, 0.1) is 0 Å². The third kappa shape index (κ3) is 5.41. The minimum absolute atomic E-state index is 0.307. The lowest BCUT2D eigenvalue weighted by atomic mass is 10.2. The van der Waals surface area contributed by atoms with Gasteiger partial charge < -0.3 is 24.3 Å². The summed E-state index contributed by atoms with van der Waals surface area (Å²) in [6.07, 6.45) is -0.980. The summed E-state index contributed by atoms with van der Waals surface area (Å²) in [4.78, 5) is 24.0. The van der Waals surface area contributed by atoms with E-state index in [1.165, 1.54) is 14.0 Å². The van der Waals surface area contributed by atoms with Crippen LogP contribution in [-0.4, -0.2) is 38.8 Å². The van der Waals surface area contributed by atoms with Crippen LogP contribution in [0.25, 0.3) is 0 Å². The van der Waals surface area contributed by atoms with Gasteiger partial charge in [-0.15, -0.1) is 0 Å². The zero-order valence-corrected chi connectivity index (χ0v) is 14.9. The van der Waals surface area contributed by atoms with Crippen molar-refractivity contribution in [3.05, 3.63) is 48.5 Å². The van der Waals surface area contributed by atoms with E-state index < -0.39 is 18.0 Å². The fourth-order valence-electron chi connectivity index (χ4n) is 2.08. The number of esters is 1. The molecule has 1 atom stereocenters. The fraction of sp³-hybridized carbons (Fsp3) is 0.263. The molecule has 0 spiro atoms. The van der Waals surface area contributed by atoms with Crippen molar-refractivity contribution < 1.29 is 28.5 Å². The van der Waals surface area contributed by atoms with Crippen LogP contribution >= 0.6 is 0 Å². The molecule has 2 rings (SSSR count). The third-order valence-electron chi connectivity index (χ3n) is 3.46. The Morgan fingerprint density at radius 3 is 2.27 bits per heavy atom. The van der Waals surface area contributed by atoms with Crippen LogP contribution in [-0.2, 0) is 14.3 Å². The minimum Gasteiger partial charge on any atom is -0.497 e. The highest BCUT2D eigenvalue weighted by Gasteiger charge is 2.19. The lowest BCUT2D eigenvalue weighted by Gasteiger charge is -2.15. The summed E-state index contributed by atoms with van der Waals surface area (Å²) in [5, 5.41) is 2.66. The van der Waals surface area contributed by atoms with Crippen molar-refractivity contribution in [1.29, 1.82) is 0 Å². The Bertz CT molecular complexity index is 744. The van der Waals surface area contributed by atoms with Crippen molar-refractivity contribution >= 4 is 17.6 Å². The Morgan fingerprint density at radius 2 is 1.62 bits per heavy atom. The second-order valence-electron chi connectivity index (χ2n) is 5.29. The number of hydrogen-bond donors (Lipinski definition) is 1. The highest BCUT2D eigenvalue weighted by atomic mass is 16.6. The summed E-state index contributed by atoms with van der Waals surface area (Å²) in [7, 11) is 3.07. The van der Waals surface area contributed by atoms with Crippen LogP contribution < -0.4 is 19.5 Å². The number of anilines is 1. The summed E-state index contributed by atoms with van der Waals surface area (Å²) in [6, 6.07) is 13.7. The van der Waals surface area contributed by atoms with E-state index in [0.717, 1.165) is 0 Å². The van der Waals surface area contributed by atoms with Gasteiger partial charge in [-0.05, 0) is 43.3 Å². The number of amides is 1. The summed E-state index contributed by atoms with van der Waals surface area (Å²) < 4.78 is 20.6. The number of carbonyl (C=O) groups excluding carboxylic acids is 2. The van der Waals surface area contributed by atoms with E-state index in [1.54, 1.807) is 55.6 Å². The predicted molar refractivity (Wildman–Crippen MR) is 95.7 cm³/mol. The molecule has 0 bridgehead atoms. The molecular formula is C19H21NO6. The van der Waals surface area contributed by atoms with Gasteiger partial charge in [-0.1, -0.05) is 12.1 Å². The number of ether oxygens (including phenoxy) is 4. The first-order valence-electron chi connectivity index (χ1n) is 7.93. The zero-order chi connectivity index (χ0) is 18.9. The SMILES string of the molecule is COc1ccc(OCC(=O)O[C@@H](C)C(=O)Nc2ccccc2OC)cc1. The number of para-hydroxylation sites is 2. The first-order chi connectivity index (χ1) is 12.5. The smallest absolute Gasteiger partial charge is 0.344 e. The monoisotopic (exact) mass is 359 g/mol. The van der Waals surface area contributed by atoms with Gasteiger partial charge in [-0.3, -0.25) is 4.79 Å². The Labute approximate surface area is 151 Å². The molecule has 0 aromatic heterocycles. The Balaban J connectivity index is 1.82. The molecule has 0 saturated heterocycles. The first-order valence-corrected chi connectivity index (χ1v) is 7.93. The molecule has 0 saturated carbocycles. The third-order valence-corrected chi connectivity index (χ3v) is 3.46. The van der Waals surface area contributed by atoms with E-state index in [0.29, 0.717) is 22.9 Å². The molecule has 1 amide bonds. The van der Waals surface area contributed by atoms with Crippen LogP contribution in [0.1, 0.15) is 6.92 Å². The second kappa shape index (κ2) is 9.31. The number of methoxy groups -OCH3 is 2. The van der Waals surface area contributed by atoms with Crippen LogP contribution in [0.15, 0.2) is 48.5 Å². The van der Waals surface area contributed by atoms with Gasteiger partial charge in [-0.2, -0.15) is 0 Å². The summed E-state index contributed by atoms with van der Waals surface area (Å²) in [6.45, 7) is 1.18. The molecule has 1 N–H and O–H groups in total. The van der Waals surface area contributed by atoms with Crippen LogP contribution in [0.3, 0.4) is 0 Å². The van der Waals surface area contributed by atoms with E-state index >= 15 is 0 Å². The minimum atomic E-state index is -0.980. The second-order valence-corrected chi connectivity index (χ2v) is 5.29. The highest BCUT2D eigenvalue weighted by molar-refractivity contribution is 5.96. The molecule has 2 aromatic carbocycles. The summed E-state index contributed by atoms with van der Waals surface area (Å²) >= 11 is 0. The van der Waals surface area contributed by atoms with Crippen molar-refractivity contribution in [1.82, 2.24) is 0 Å². The van der Waals surface area contributed by atoms with E-state index in [9.17, 15) is 9.59 Å². The van der Waals surface area contributed by atoms with Crippen LogP contribution in [0.2, 0.25) is 0 Å². The molecule has 0 aliphatic rings. The quantitative estimate of drug-likeness (QED) is 0.730. The molecule has 0 fully saturated rings. The lowest BCUT2D eigenvalue weighted by molar-refractivity contribution is -0.155. The van der Waals surface area contributed by atoms with Gasteiger partial charge in [0.25, 0.3) is 5.91 Å². The van der Waals surface area contributed by atoms with Crippen molar-refractivity contribution in [3.8, 4) is 17.2 Å². The van der Waals surface area contributed by atoms with E-state index in [4.69, 9.17) is 18.9 Å². The molecule has 0 aliphatic carbocycles. The number of carbonyl (C=O) groups is 2. The van der Waals surface area contributed by atoms with Crippen molar-refractivity contribution in [2.45, 2.75) is 13.0 Å². The van der Waals surface area contributed by atoms with E-state index in [1.807, 2.05) is 0 Å². The highest BCUT2D eigenvalue weighted by Crippen LogP contribution is 2.23. The average molecular weight is 359 g/mol. The van der Waals surface area contributed by atoms with Gasteiger partial charge in [0.1, 0.15) is 17.2 Å². The van der Waals surface area contributed by atoms with E-state index in [-0.39, 0.29) is 6.61 Å². The molecule has 7 nitrogen and oxygen atoms in total. The normalized spacial score (nSPS) is 11.2. The standard InChI is InChI=1S/C19H21NO6/c1-13(19(22)20-16-6-4-5-7-17(16)24-3)26-18(21)12-25-15-10-8-14(23-2)9-11-15/h4-11,13H,12H2,1-3H3,(H,20,22)/t13-/m0/s1. The molecule has 0 aliphatic heterocycles. The fourth-order valence-corrected chi connectivity index (χ4v) is 2.08. The number of nitrogens with one attached hydrogen (secondary N) is 1. The maximum Gasteiger partial charge on any atom is 0.344 e. The van der Waals surface area contributed by atoms with Gasteiger partial charge in [-0.25, -0.2) is 4.79 Å². The van der Waals surface area contributed by atoms with Crippen molar-refractivity contribution in [2.24, 2.45) is 0 Å². The molecule has 2 aromatic rings. The van der Waals surface area contributed by atoms with Crippen LogP contribution in [0.4, 0.5) is 5.69 Å². The first kappa shape index (κ1) is 19.1.